The van der Waals surface area contributed by atoms with E-state index in [1.807, 2.05) is 6.07 Å². The van der Waals surface area contributed by atoms with Crippen molar-refractivity contribution in [1.82, 2.24) is 9.80 Å². The fourth-order valence-corrected chi connectivity index (χ4v) is 4.49. The fourth-order valence-electron chi connectivity index (χ4n) is 2.99. The van der Waals surface area contributed by atoms with Gasteiger partial charge < -0.3 is 14.5 Å². The van der Waals surface area contributed by atoms with Gasteiger partial charge in [-0.25, -0.2) is 13.2 Å². The summed E-state index contributed by atoms with van der Waals surface area (Å²) in [5.74, 6) is -0.0808. The van der Waals surface area contributed by atoms with Gasteiger partial charge in [0.1, 0.15) is 0 Å². The molecule has 152 valence electrons. The molecular formula is C18H23N3O5S2. The van der Waals surface area contributed by atoms with E-state index in [1.54, 1.807) is 34.9 Å². The molecule has 0 aliphatic carbocycles. The predicted octanol–water partition coefficient (Wildman–Crippen LogP) is 2.21. The second-order valence-corrected chi connectivity index (χ2v) is 9.64. The summed E-state index contributed by atoms with van der Waals surface area (Å²) in [7, 11) is -1.85. The van der Waals surface area contributed by atoms with Gasteiger partial charge >= 0.3 is 6.09 Å². The molecule has 0 spiro atoms. The van der Waals surface area contributed by atoms with E-state index in [0.717, 1.165) is 16.3 Å². The first-order chi connectivity index (χ1) is 13.2. The first kappa shape index (κ1) is 20.4. The molecule has 0 radical (unpaired) electrons. The standard InChI is InChI=1S/C18H23N3O5S2/c1-4-26-18(23)21-9-7-20(8-10-21)17(22)16-12-13-11-14(5-6-15(13)27-16)19(2)28(3,24)25/h5-6,11-12H,4,7-10H2,1-3H3. The monoisotopic (exact) mass is 425 g/mol. The summed E-state index contributed by atoms with van der Waals surface area (Å²) in [5.41, 5.74) is 0.551. The van der Waals surface area contributed by atoms with E-state index in [9.17, 15) is 18.0 Å². The number of hydrogen-bond donors (Lipinski definition) is 0. The molecule has 10 heteroatoms. The van der Waals surface area contributed by atoms with Crippen molar-refractivity contribution < 1.29 is 22.7 Å². The second-order valence-electron chi connectivity index (χ2n) is 6.54. The lowest BCUT2D eigenvalue weighted by molar-refractivity contribution is 0.0574. The number of sulfonamides is 1. The third-order valence-electron chi connectivity index (χ3n) is 4.66. The largest absolute Gasteiger partial charge is 0.450 e. The molecule has 0 unspecified atom stereocenters. The number of fused-ring (bicyclic) bond motifs is 1. The minimum Gasteiger partial charge on any atom is -0.450 e. The summed E-state index contributed by atoms with van der Waals surface area (Å²) >= 11 is 1.38. The zero-order chi connectivity index (χ0) is 20.5. The summed E-state index contributed by atoms with van der Waals surface area (Å²) in [6, 6.07) is 7.11. The van der Waals surface area contributed by atoms with E-state index in [4.69, 9.17) is 4.74 Å². The highest BCUT2D eigenvalue weighted by atomic mass is 32.2. The van der Waals surface area contributed by atoms with Crippen LogP contribution in [0.15, 0.2) is 24.3 Å². The van der Waals surface area contributed by atoms with Crippen LogP contribution in [0.3, 0.4) is 0 Å². The van der Waals surface area contributed by atoms with Gasteiger partial charge in [0, 0.05) is 37.9 Å². The Morgan fingerprint density at radius 3 is 2.39 bits per heavy atom. The first-order valence-corrected chi connectivity index (χ1v) is 11.6. The number of hydrogen-bond acceptors (Lipinski definition) is 6. The number of benzene rings is 1. The van der Waals surface area contributed by atoms with Crippen molar-refractivity contribution in [1.29, 1.82) is 0 Å². The Morgan fingerprint density at radius 2 is 1.79 bits per heavy atom. The van der Waals surface area contributed by atoms with Crippen LogP contribution in [-0.4, -0.2) is 76.3 Å². The summed E-state index contributed by atoms with van der Waals surface area (Å²) in [5, 5.41) is 0.825. The molecule has 1 aliphatic heterocycles. The molecule has 1 fully saturated rings. The van der Waals surface area contributed by atoms with E-state index in [2.05, 4.69) is 0 Å². The van der Waals surface area contributed by atoms with Crippen LogP contribution in [-0.2, 0) is 14.8 Å². The summed E-state index contributed by atoms with van der Waals surface area (Å²) < 4.78 is 30.6. The van der Waals surface area contributed by atoms with Crippen LogP contribution in [0.5, 0.6) is 0 Å². The molecule has 1 saturated heterocycles. The lowest BCUT2D eigenvalue weighted by Crippen LogP contribution is -2.50. The predicted molar refractivity (Wildman–Crippen MR) is 110 cm³/mol. The Labute approximate surface area is 168 Å². The van der Waals surface area contributed by atoms with Crippen LogP contribution in [0.2, 0.25) is 0 Å². The van der Waals surface area contributed by atoms with Gasteiger partial charge in [-0.3, -0.25) is 9.10 Å². The number of ether oxygens (including phenoxy) is 1. The van der Waals surface area contributed by atoms with Crippen molar-refractivity contribution in [3.8, 4) is 0 Å². The Morgan fingerprint density at radius 1 is 1.14 bits per heavy atom. The number of carbonyl (C=O) groups is 2. The molecule has 0 saturated carbocycles. The minimum atomic E-state index is -3.35. The number of thiophene rings is 1. The number of nitrogens with zero attached hydrogens (tertiary/aromatic N) is 3. The molecule has 0 atom stereocenters. The Bertz CT molecular complexity index is 994. The third-order valence-corrected chi connectivity index (χ3v) is 6.97. The van der Waals surface area contributed by atoms with Gasteiger partial charge in [-0.15, -0.1) is 11.3 Å². The number of anilines is 1. The summed E-state index contributed by atoms with van der Waals surface area (Å²) in [6.45, 7) is 3.88. The van der Waals surface area contributed by atoms with Crippen LogP contribution in [0.4, 0.5) is 10.5 Å². The Balaban J connectivity index is 1.73. The van der Waals surface area contributed by atoms with Gasteiger partial charge in [0.05, 0.1) is 23.4 Å². The van der Waals surface area contributed by atoms with Crippen molar-refractivity contribution in [3.63, 3.8) is 0 Å². The maximum atomic E-state index is 12.8. The van der Waals surface area contributed by atoms with Crippen molar-refractivity contribution in [2.45, 2.75) is 6.92 Å². The van der Waals surface area contributed by atoms with Crippen LogP contribution < -0.4 is 4.31 Å². The highest BCUT2D eigenvalue weighted by Gasteiger charge is 2.26. The average molecular weight is 426 g/mol. The number of amides is 2. The third kappa shape index (κ3) is 4.22. The van der Waals surface area contributed by atoms with Crippen molar-refractivity contribution in [3.05, 3.63) is 29.1 Å². The van der Waals surface area contributed by atoms with E-state index in [1.165, 1.54) is 22.7 Å². The van der Waals surface area contributed by atoms with Gasteiger partial charge in [-0.2, -0.15) is 0 Å². The van der Waals surface area contributed by atoms with Crippen LogP contribution in [0.1, 0.15) is 16.6 Å². The van der Waals surface area contributed by atoms with Gasteiger partial charge in [0.25, 0.3) is 5.91 Å². The Kier molecular flexibility index (Phi) is 5.80. The van der Waals surface area contributed by atoms with Gasteiger partial charge in [0.2, 0.25) is 10.0 Å². The second kappa shape index (κ2) is 7.96. The average Bonchev–Trinajstić information content (AvgIpc) is 3.09. The zero-order valence-electron chi connectivity index (χ0n) is 16.0. The summed E-state index contributed by atoms with van der Waals surface area (Å²) in [6.07, 6.45) is 0.800. The summed E-state index contributed by atoms with van der Waals surface area (Å²) in [4.78, 5) is 28.5. The van der Waals surface area contributed by atoms with Crippen LogP contribution >= 0.6 is 11.3 Å². The van der Waals surface area contributed by atoms with Crippen molar-refractivity contribution in [2.24, 2.45) is 0 Å². The van der Waals surface area contributed by atoms with E-state index in [0.29, 0.717) is 43.4 Å². The van der Waals surface area contributed by atoms with E-state index >= 15 is 0 Å². The molecule has 1 aromatic heterocycles. The quantitative estimate of drug-likeness (QED) is 0.750. The molecule has 28 heavy (non-hydrogen) atoms. The van der Waals surface area contributed by atoms with E-state index in [-0.39, 0.29) is 12.0 Å². The van der Waals surface area contributed by atoms with E-state index < -0.39 is 10.0 Å². The molecule has 3 rings (SSSR count). The minimum absolute atomic E-state index is 0.0808. The van der Waals surface area contributed by atoms with Crippen molar-refractivity contribution in [2.75, 3.05) is 50.4 Å². The molecule has 2 heterocycles. The number of rotatable bonds is 4. The number of piperazine rings is 1. The zero-order valence-corrected chi connectivity index (χ0v) is 17.7. The van der Waals surface area contributed by atoms with Crippen molar-refractivity contribution >= 4 is 49.1 Å². The van der Waals surface area contributed by atoms with Crippen LogP contribution in [0, 0.1) is 0 Å². The SMILES string of the molecule is CCOC(=O)N1CCN(C(=O)c2cc3cc(N(C)S(C)(=O)=O)ccc3s2)CC1. The molecule has 0 bridgehead atoms. The highest BCUT2D eigenvalue weighted by molar-refractivity contribution is 7.92. The molecular weight excluding hydrogens is 402 g/mol. The van der Waals surface area contributed by atoms with Gasteiger partial charge in [-0.05, 0) is 36.6 Å². The maximum absolute atomic E-state index is 12.8. The Hall–Kier alpha value is -2.33. The topological polar surface area (TPSA) is 87.2 Å². The van der Waals surface area contributed by atoms with Crippen LogP contribution in [0.25, 0.3) is 10.1 Å². The molecule has 1 aliphatic rings. The molecule has 0 N–H and O–H groups in total. The molecule has 8 nitrogen and oxygen atoms in total. The van der Waals surface area contributed by atoms with Gasteiger partial charge in [-0.1, -0.05) is 0 Å². The number of carbonyl (C=O) groups excluding carboxylic acids is 2. The molecule has 1 aromatic carbocycles. The fraction of sp³-hybridized carbons (Fsp3) is 0.444. The lowest BCUT2D eigenvalue weighted by Gasteiger charge is -2.33. The molecule has 2 amide bonds. The lowest BCUT2D eigenvalue weighted by atomic mass is 10.2. The highest BCUT2D eigenvalue weighted by Crippen LogP contribution is 2.30. The first-order valence-electron chi connectivity index (χ1n) is 8.89. The molecule has 2 aromatic rings. The maximum Gasteiger partial charge on any atom is 0.409 e. The normalized spacial score (nSPS) is 15.0. The smallest absolute Gasteiger partial charge is 0.409 e. The van der Waals surface area contributed by atoms with Gasteiger partial charge in [0.15, 0.2) is 0 Å².